The Morgan fingerprint density at radius 1 is 1.17 bits per heavy atom. The molecule has 3 aromatic rings. The molecule has 1 aliphatic rings. The molecule has 1 N–H and O–H groups in total. The average molecular weight is 390 g/mol. The van der Waals surface area contributed by atoms with Crippen molar-refractivity contribution < 1.29 is 9.53 Å². The van der Waals surface area contributed by atoms with E-state index in [1.807, 2.05) is 70.4 Å². The Balaban J connectivity index is 1.68. The van der Waals surface area contributed by atoms with E-state index in [4.69, 9.17) is 9.84 Å². The molecule has 29 heavy (non-hydrogen) atoms. The Hall–Kier alpha value is -3.12. The number of carbonyl (C=O) groups excluding carboxylic acids is 1. The van der Waals surface area contributed by atoms with Crippen LogP contribution >= 0.6 is 0 Å². The van der Waals surface area contributed by atoms with E-state index in [2.05, 4.69) is 12.2 Å². The van der Waals surface area contributed by atoms with Crippen molar-refractivity contribution in [1.29, 1.82) is 0 Å². The second-order valence-electron chi connectivity index (χ2n) is 7.33. The second kappa shape index (κ2) is 8.49. The molecule has 1 aliphatic heterocycles. The van der Waals surface area contributed by atoms with Gasteiger partial charge in [-0.05, 0) is 43.3 Å². The number of para-hydroxylation sites is 1. The molecule has 1 atom stereocenters. The number of hydrogen-bond acceptors (Lipinski definition) is 4. The number of piperazine rings is 1. The molecule has 1 saturated heterocycles. The summed E-state index contributed by atoms with van der Waals surface area (Å²) in [6.07, 6.45) is 2.30. The molecule has 2 aromatic carbocycles. The van der Waals surface area contributed by atoms with Crippen LogP contribution in [0.1, 0.15) is 12.5 Å². The number of amides is 1. The highest BCUT2D eigenvalue weighted by atomic mass is 16.5. The summed E-state index contributed by atoms with van der Waals surface area (Å²) >= 11 is 0. The lowest BCUT2D eigenvalue weighted by Gasteiger charge is -2.34. The van der Waals surface area contributed by atoms with Gasteiger partial charge in [0.1, 0.15) is 5.75 Å². The van der Waals surface area contributed by atoms with E-state index in [9.17, 15) is 4.79 Å². The van der Waals surface area contributed by atoms with E-state index < -0.39 is 0 Å². The SMILES string of the molecule is COc1ccc(-c2nn(-c3ccccc3)cc2CC(=O)N2CCNCC2C)cc1. The maximum Gasteiger partial charge on any atom is 0.227 e. The summed E-state index contributed by atoms with van der Waals surface area (Å²) in [5, 5.41) is 8.15. The van der Waals surface area contributed by atoms with Gasteiger partial charge in [0, 0.05) is 43.0 Å². The van der Waals surface area contributed by atoms with Crippen LogP contribution in [-0.2, 0) is 11.2 Å². The number of carbonyl (C=O) groups is 1. The van der Waals surface area contributed by atoms with E-state index in [1.165, 1.54) is 0 Å². The molecule has 0 radical (unpaired) electrons. The monoisotopic (exact) mass is 390 g/mol. The summed E-state index contributed by atoms with van der Waals surface area (Å²) < 4.78 is 7.12. The van der Waals surface area contributed by atoms with Crippen LogP contribution in [-0.4, -0.2) is 53.4 Å². The zero-order chi connectivity index (χ0) is 20.2. The maximum absolute atomic E-state index is 13.0. The Kier molecular flexibility index (Phi) is 5.62. The first-order valence-electron chi connectivity index (χ1n) is 9.94. The number of nitrogens with one attached hydrogen (secondary N) is 1. The van der Waals surface area contributed by atoms with Crippen LogP contribution in [0.5, 0.6) is 5.75 Å². The zero-order valence-corrected chi connectivity index (χ0v) is 16.8. The molecule has 1 fully saturated rings. The molecule has 1 amide bonds. The van der Waals surface area contributed by atoms with Gasteiger partial charge in [0.15, 0.2) is 0 Å². The van der Waals surface area contributed by atoms with Gasteiger partial charge >= 0.3 is 0 Å². The summed E-state index contributed by atoms with van der Waals surface area (Å²) in [6, 6.07) is 18.0. The van der Waals surface area contributed by atoms with E-state index in [1.54, 1.807) is 7.11 Å². The molecule has 6 nitrogen and oxygen atoms in total. The standard InChI is InChI=1S/C23H26N4O2/c1-17-15-24-12-13-26(17)22(28)14-19-16-27(20-6-4-3-5-7-20)25-23(19)18-8-10-21(29-2)11-9-18/h3-11,16-17,24H,12-15H2,1-2H3. The Morgan fingerprint density at radius 2 is 1.93 bits per heavy atom. The number of nitrogens with zero attached hydrogens (tertiary/aromatic N) is 3. The normalized spacial score (nSPS) is 16.6. The van der Waals surface area contributed by atoms with Gasteiger partial charge in [-0.1, -0.05) is 18.2 Å². The van der Waals surface area contributed by atoms with Crippen molar-refractivity contribution in [3.05, 3.63) is 66.4 Å². The third-order valence-electron chi connectivity index (χ3n) is 5.34. The van der Waals surface area contributed by atoms with Crippen LogP contribution in [0.25, 0.3) is 16.9 Å². The Labute approximate surface area is 171 Å². The molecule has 0 aliphatic carbocycles. The third-order valence-corrected chi connectivity index (χ3v) is 5.34. The molecular weight excluding hydrogens is 364 g/mol. The molecule has 0 spiro atoms. The van der Waals surface area contributed by atoms with Gasteiger partial charge in [0.05, 0.1) is 24.9 Å². The molecule has 1 aromatic heterocycles. The predicted octanol–water partition coefficient (Wildman–Crippen LogP) is 2.91. The quantitative estimate of drug-likeness (QED) is 0.728. The molecule has 0 saturated carbocycles. The van der Waals surface area contributed by atoms with E-state index in [0.29, 0.717) is 6.42 Å². The molecular formula is C23H26N4O2. The van der Waals surface area contributed by atoms with Gasteiger partial charge in [-0.2, -0.15) is 5.10 Å². The maximum atomic E-state index is 13.0. The fourth-order valence-electron chi connectivity index (χ4n) is 3.72. The summed E-state index contributed by atoms with van der Waals surface area (Å²) in [4.78, 5) is 15.0. The topological polar surface area (TPSA) is 59.4 Å². The molecule has 1 unspecified atom stereocenters. The lowest BCUT2D eigenvalue weighted by atomic mass is 10.0. The lowest BCUT2D eigenvalue weighted by molar-refractivity contribution is -0.133. The highest BCUT2D eigenvalue weighted by molar-refractivity contribution is 5.81. The van der Waals surface area contributed by atoms with Gasteiger partial charge in [0.25, 0.3) is 0 Å². The van der Waals surface area contributed by atoms with Crippen molar-refractivity contribution in [3.63, 3.8) is 0 Å². The van der Waals surface area contributed by atoms with Crippen molar-refractivity contribution in [1.82, 2.24) is 20.0 Å². The lowest BCUT2D eigenvalue weighted by Crippen LogP contribution is -2.52. The number of methoxy groups -OCH3 is 1. The van der Waals surface area contributed by atoms with Gasteiger partial charge in [-0.15, -0.1) is 0 Å². The number of ether oxygens (including phenoxy) is 1. The van der Waals surface area contributed by atoms with Crippen LogP contribution in [0.4, 0.5) is 0 Å². The minimum atomic E-state index is 0.140. The summed E-state index contributed by atoms with van der Waals surface area (Å²) in [7, 11) is 1.65. The highest BCUT2D eigenvalue weighted by Crippen LogP contribution is 2.27. The second-order valence-corrected chi connectivity index (χ2v) is 7.33. The fraction of sp³-hybridized carbons (Fsp3) is 0.304. The largest absolute Gasteiger partial charge is 0.497 e. The van der Waals surface area contributed by atoms with Crippen LogP contribution in [0.2, 0.25) is 0 Å². The first kappa shape index (κ1) is 19.2. The molecule has 6 heteroatoms. The molecule has 0 bridgehead atoms. The van der Waals surface area contributed by atoms with Gasteiger partial charge in [0.2, 0.25) is 5.91 Å². The van der Waals surface area contributed by atoms with Crippen LogP contribution in [0.3, 0.4) is 0 Å². The highest BCUT2D eigenvalue weighted by Gasteiger charge is 2.25. The van der Waals surface area contributed by atoms with Crippen molar-refractivity contribution in [3.8, 4) is 22.7 Å². The Bertz CT molecular complexity index is 966. The van der Waals surface area contributed by atoms with E-state index in [0.717, 1.165) is 47.9 Å². The molecule has 150 valence electrons. The van der Waals surface area contributed by atoms with Crippen molar-refractivity contribution in [2.45, 2.75) is 19.4 Å². The summed E-state index contributed by atoms with van der Waals surface area (Å²) in [5.41, 5.74) is 3.69. The minimum Gasteiger partial charge on any atom is -0.497 e. The minimum absolute atomic E-state index is 0.140. The smallest absolute Gasteiger partial charge is 0.227 e. The summed E-state index contributed by atoms with van der Waals surface area (Å²) in [5.74, 6) is 0.935. The van der Waals surface area contributed by atoms with Crippen molar-refractivity contribution >= 4 is 5.91 Å². The Morgan fingerprint density at radius 3 is 2.62 bits per heavy atom. The van der Waals surface area contributed by atoms with Crippen LogP contribution < -0.4 is 10.1 Å². The summed E-state index contributed by atoms with van der Waals surface area (Å²) in [6.45, 7) is 4.50. The third kappa shape index (κ3) is 4.17. The first-order valence-corrected chi connectivity index (χ1v) is 9.94. The number of hydrogen-bond donors (Lipinski definition) is 1. The number of aromatic nitrogens is 2. The number of benzene rings is 2. The van der Waals surface area contributed by atoms with E-state index >= 15 is 0 Å². The van der Waals surface area contributed by atoms with Gasteiger partial charge in [-0.25, -0.2) is 4.68 Å². The predicted molar refractivity (Wildman–Crippen MR) is 113 cm³/mol. The molecule has 4 rings (SSSR count). The van der Waals surface area contributed by atoms with Gasteiger partial charge in [-0.3, -0.25) is 4.79 Å². The fourth-order valence-corrected chi connectivity index (χ4v) is 3.72. The van der Waals surface area contributed by atoms with Crippen molar-refractivity contribution in [2.75, 3.05) is 26.7 Å². The first-order chi connectivity index (χ1) is 14.2. The van der Waals surface area contributed by atoms with Crippen molar-refractivity contribution in [2.24, 2.45) is 0 Å². The number of rotatable bonds is 5. The van der Waals surface area contributed by atoms with Crippen LogP contribution in [0.15, 0.2) is 60.8 Å². The average Bonchev–Trinajstić information content (AvgIpc) is 3.18. The van der Waals surface area contributed by atoms with Gasteiger partial charge < -0.3 is 15.0 Å². The van der Waals surface area contributed by atoms with E-state index in [-0.39, 0.29) is 11.9 Å². The molecule has 2 heterocycles. The van der Waals surface area contributed by atoms with Crippen LogP contribution in [0, 0.1) is 0 Å². The zero-order valence-electron chi connectivity index (χ0n) is 16.8.